The average molecular weight is 199 g/mol. The minimum absolute atomic E-state index is 0.102. The zero-order valence-corrected chi connectivity index (χ0v) is 8.68. The van der Waals surface area contributed by atoms with Crippen molar-refractivity contribution < 1.29 is 4.79 Å². The topological polar surface area (TPSA) is 20.3 Å². The second kappa shape index (κ2) is 4.13. The lowest BCUT2D eigenvalue weighted by molar-refractivity contribution is -0.117. The molecule has 76 valence electrons. The average Bonchev–Trinajstić information content (AvgIpc) is 2.43. The van der Waals surface area contributed by atoms with Crippen molar-refractivity contribution in [3.63, 3.8) is 0 Å². The molecule has 1 aliphatic rings. The smallest absolute Gasteiger partial charge is 0.234 e. The van der Waals surface area contributed by atoms with E-state index in [1.807, 2.05) is 49.4 Å². The number of amides is 1. The number of allylic oxidation sites excluding steroid dienone is 2. The number of carbonyl (C=O) groups excluding carboxylic acids is 1. The minimum atomic E-state index is 0.102. The molecule has 1 amide bonds. The van der Waals surface area contributed by atoms with Gasteiger partial charge in [-0.25, -0.2) is 0 Å². The highest BCUT2D eigenvalue weighted by Crippen LogP contribution is 2.18. The fourth-order valence-corrected chi connectivity index (χ4v) is 1.57. The van der Waals surface area contributed by atoms with Crippen molar-refractivity contribution >= 4 is 11.6 Å². The summed E-state index contributed by atoms with van der Waals surface area (Å²) in [5, 5.41) is 0. The minimum Gasteiger partial charge on any atom is -0.288 e. The van der Waals surface area contributed by atoms with Gasteiger partial charge >= 0.3 is 0 Å². The Morgan fingerprint density at radius 2 is 2.13 bits per heavy atom. The number of rotatable bonds is 1. The maximum Gasteiger partial charge on any atom is 0.234 e. The summed E-state index contributed by atoms with van der Waals surface area (Å²) in [5.41, 5.74) is 2.09. The number of hydrogen-bond donors (Lipinski definition) is 0. The van der Waals surface area contributed by atoms with Gasteiger partial charge in [0, 0.05) is 18.3 Å². The van der Waals surface area contributed by atoms with Gasteiger partial charge in [0.15, 0.2) is 0 Å². The number of carbonyl (C=O) groups is 1. The second-order valence-corrected chi connectivity index (χ2v) is 3.58. The number of anilines is 1. The summed E-state index contributed by atoms with van der Waals surface area (Å²) in [5.74, 6) is 0.102. The third-order valence-corrected chi connectivity index (χ3v) is 2.32. The van der Waals surface area contributed by atoms with Gasteiger partial charge in [-0.1, -0.05) is 24.3 Å². The first-order valence-corrected chi connectivity index (χ1v) is 4.99. The molecule has 2 heteroatoms. The lowest BCUT2D eigenvalue weighted by Gasteiger charge is -2.17. The van der Waals surface area contributed by atoms with Crippen LogP contribution in [-0.2, 0) is 4.79 Å². The maximum absolute atomic E-state index is 11.7. The van der Waals surface area contributed by atoms with Crippen LogP contribution >= 0.6 is 0 Å². The molecule has 0 N–H and O–H groups in total. The monoisotopic (exact) mass is 199 g/mol. The Labute approximate surface area is 89.5 Å². The highest BCUT2D eigenvalue weighted by Gasteiger charge is 2.12. The van der Waals surface area contributed by atoms with Crippen molar-refractivity contribution in [2.75, 3.05) is 4.90 Å². The van der Waals surface area contributed by atoms with Crippen molar-refractivity contribution in [2.45, 2.75) is 13.3 Å². The molecule has 0 fully saturated rings. The fraction of sp³-hybridized carbons (Fsp3) is 0.154. The van der Waals surface area contributed by atoms with E-state index in [2.05, 4.69) is 0 Å². The van der Waals surface area contributed by atoms with E-state index in [0.29, 0.717) is 6.42 Å². The molecule has 0 aromatic heterocycles. The van der Waals surface area contributed by atoms with Gasteiger partial charge < -0.3 is 0 Å². The normalized spacial score (nSPS) is 15.5. The Morgan fingerprint density at radius 1 is 1.27 bits per heavy atom. The standard InChI is InChI=1S/C13H13NO/c1-11-6-5-7-12(10-11)14-9-4-2-3-8-13(14)15/h2-7,9-10H,8H2,1H3. The van der Waals surface area contributed by atoms with E-state index < -0.39 is 0 Å². The van der Waals surface area contributed by atoms with Crippen LogP contribution in [0.4, 0.5) is 5.69 Å². The quantitative estimate of drug-likeness (QED) is 0.681. The zero-order chi connectivity index (χ0) is 10.7. The highest BCUT2D eigenvalue weighted by atomic mass is 16.2. The van der Waals surface area contributed by atoms with Crippen LogP contribution in [0.1, 0.15) is 12.0 Å². The molecule has 0 saturated carbocycles. The predicted octanol–water partition coefficient (Wildman–Crippen LogP) is 2.80. The fourth-order valence-electron chi connectivity index (χ4n) is 1.57. The molecular weight excluding hydrogens is 186 g/mol. The molecule has 1 aliphatic heterocycles. The molecule has 0 saturated heterocycles. The number of benzene rings is 1. The molecule has 0 radical (unpaired) electrons. The SMILES string of the molecule is Cc1cccc(N2C=CC=CCC2=O)c1. The molecule has 1 aromatic rings. The summed E-state index contributed by atoms with van der Waals surface area (Å²) in [6.45, 7) is 2.02. The molecule has 1 aromatic carbocycles. The Balaban J connectivity index is 2.34. The summed E-state index contributed by atoms with van der Waals surface area (Å²) in [4.78, 5) is 13.4. The van der Waals surface area contributed by atoms with Crippen LogP contribution in [0.5, 0.6) is 0 Å². The lowest BCUT2D eigenvalue weighted by Crippen LogP contribution is -2.23. The van der Waals surface area contributed by atoms with E-state index in [-0.39, 0.29) is 5.91 Å². The van der Waals surface area contributed by atoms with Gasteiger partial charge in [0.05, 0.1) is 0 Å². The summed E-state index contributed by atoms with van der Waals surface area (Å²) < 4.78 is 0. The van der Waals surface area contributed by atoms with Crippen LogP contribution in [0.25, 0.3) is 0 Å². The Hall–Kier alpha value is -1.83. The largest absolute Gasteiger partial charge is 0.288 e. The van der Waals surface area contributed by atoms with Crippen molar-refractivity contribution in [2.24, 2.45) is 0 Å². The van der Waals surface area contributed by atoms with Crippen LogP contribution in [0, 0.1) is 6.92 Å². The van der Waals surface area contributed by atoms with Gasteiger partial charge in [-0.05, 0) is 30.7 Å². The van der Waals surface area contributed by atoms with Gasteiger partial charge in [-0.2, -0.15) is 0 Å². The van der Waals surface area contributed by atoms with Crippen LogP contribution in [0.15, 0.2) is 48.7 Å². The lowest BCUT2D eigenvalue weighted by atomic mass is 10.2. The molecule has 0 bridgehead atoms. The van der Waals surface area contributed by atoms with E-state index in [0.717, 1.165) is 11.3 Å². The number of aryl methyl sites for hydroxylation is 1. The molecule has 0 aliphatic carbocycles. The number of nitrogens with zero attached hydrogens (tertiary/aromatic N) is 1. The van der Waals surface area contributed by atoms with Crippen molar-refractivity contribution in [3.8, 4) is 0 Å². The molecule has 15 heavy (non-hydrogen) atoms. The summed E-state index contributed by atoms with van der Waals surface area (Å²) in [7, 11) is 0. The van der Waals surface area contributed by atoms with Gasteiger partial charge in [-0.15, -0.1) is 0 Å². The van der Waals surface area contributed by atoms with Crippen molar-refractivity contribution in [1.29, 1.82) is 0 Å². The highest BCUT2D eigenvalue weighted by molar-refractivity contribution is 5.96. The van der Waals surface area contributed by atoms with E-state index in [9.17, 15) is 4.79 Å². The molecule has 0 unspecified atom stereocenters. The third kappa shape index (κ3) is 2.15. The van der Waals surface area contributed by atoms with Gasteiger partial charge in [0.1, 0.15) is 0 Å². The van der Waals surface area contributed by atoms with E-state index in [4.69, 9.17) is 0 Å². The van der Waals surface area contributed by atoms with Crippen molar-refractivity contribution in [3.05, 3.63) is 54.3 Å². The molecule has 2 rings (SSSR count). The third-order valence-electron chi connectivity index (χ3n) is 2.32. The van der Waals surface area contributed by atoms with Gasteiger partial charge in [-0.3, -0.25) is 9.69 Å². The first-order chi connectivity index (χ1) is 7.27. The van der Waals surface area contributed by atoms with Crippen LogP contribution in [-0.4, -0.2) is 5.91 Å². The first kappa shape index (κ1) is 9.71. The second-order valence-electron chi connectivity index (χ2n) is 3.58. The zero-order valence-electron chi connectivity index (χ0n) is 8.68. The summed E-state index contributed by atoms with van der Waals surface area (Å²) >= 11 is 0. The molecule has 0 spiro atoms. The summed E-state index contributed by atoms with van der Waals surface area (Å²) in [6, 6.07) is 7.94. The molecular formula is C13H13NO. The Morgan fingerprint density at radius 3 is 2.93 bits per heavy atom. The van der Waals surface area contributed by atoms with Crippen LogP contribution < -0.4 is 4.90 Å². The maximum atomic E-state index is 11.7. The Kier molecular flexibility index (Phi) is 2.68. The van der Waals surface area contributed by atoms with Crippen LogP contribution in [0.2, 0.25) is 0 Å². The number of hydrogen-bond acceptors (Lipinski definition) is 1. The van der Waals surface area contributed by atoms with Gasteiger partial charge in [0.2, 0.25) is 5.91 Å². The van der Waals surface area contributed by atoms with Gasteiger partial charge in [0.25, 0.3) is 0 Å². The van der Waals surface area contributed by atoms with Crippen LogP contribution in [0.3, 0.4) is 0 Å². The molecule has 2 nitrogen and oxygen atoms in total. The van der Waals surface area contributed by atoms with E-state index in [1.54, 1.807) is 11.1 Å². The Bertz CT molecular complexity index is 432. The molecule has 1 heterocycles. The van der Waals surface area contributed by atoms with E-state index >= 15 is 0 Å². The predicted molar refractivity (Wildman–Crippen MR) is 61.6 cm³/mol. The molecule has 0 atom stereocenters. The summed E-state index contributed by atoms with van der Waals surface area (Å²) in [6.07, 6.45) is 7.91. The first-order valence-electron chi connectivity index (χ1n) is 4.99. The van der Waals surface area contributed by atoms with E-state index in [1.165, 1.54) is 0 Å². The van der Waals surface area contributed by atoms with Crippen molar-refractivity contribution in [1.82, 2.24) is 0 Å².